The second kappa shape index (κ2) is 14.5. The van der Waals surface area contributed by atoms with Gasteiger partial charge in [0.15, 0.2) is 0 Å². The van der Waals surface area contributed by atoms with Crippen LogP contribution in [-0.2, 0) is 36.1 Å². The monoisotopic (exact) mass is 897 g/mol. The van der Waals surface area contributed by atoms with Crippen molar-refractivity contribution in [3.8, 4) is 0 Å². The van der Waals surface area contributed by atoms with E-state index in [9.17, 15) is 0 Å². The Kier molecular flexibility index (Phi) is 13.5. The first kappa shape index (κ1) is 23.2. The van der Waals surface area contributed by atoms with Crippen LogP contribution in [0.4, 0.5) is 0 Å². The minimum absolute atomic E-state index is 0.213. The fraction of sp³-hybridized carbons (Fsp3) is 0.125. The molecule has 25 heavy (non-hydrogen) atoms. The van der Waals surface area contributed by atoms with Crippen molar-refractivity contribution in [2.75, 3.05) is 0 Å². The molecule has 0 N–H and O–H groups in total. The molecule has 0 saturated heterocycles. The molecule has 2 aliphatic heterocycles. The van der Waals surface area contributed by atoms with Crippen LogP contribution in [0.15, 0.2) is 60.7 Å². The fourth-order valence-corrected chi connectivity index (χ4v) is 278. The molecule has 2 atom stereocenters. The van der Waals surface area contributed by atoms with E-state index < -0.39 is 0 Å². The van der Waals surface area contributed by atoms with E-state index in [0.29, 0.717) is 0 Å². The van der Waals surface area contributed by atoms with Crippen LogP contribution in [0.25, 0.3) is 0 Å². The number of aryl methyl sites for hydroxylation is 2. The van der Waals surface area contributed by atoms with Gasteiger partial charge in [0.05, 0.1) is 0 Å². The molecule has 0 bridgehead atoms. The second-order valence-corrected chi connectivity index (χ2v) is 89.4. The Morgan fingerprint density at radius 3 is 1.44 bits per heavy atom. The number of hydrogen-bond donors (Lipinski definition) is 0. The summed E-state index contributed by atoms with van der Waals surface area (Å²) in [5, 5.41) is 0. The van der Waals surface area contributed by atoms with E-state index in [0.717, 1.165) is 111 Å². The first-order valence-electron chi connectivity index (χ1n) is 7.72. The molecule has 124 valence electrons. The van der Waals surface area contributed by atoms with Gasteiger partial charge < -0.3 is 0 Å². The summed E-state index contributed by atoms with van der Waals surface area (Å²) in [6.45, 7) is 0. The fourth-order valence-electron chi connectivity index (χ4n) is 2.11. The van der Waals surface area contributed by atoms with Crippen molar-refractivity contribution in [3.63, 3.8) is 0 Å². The van der Waals surface area contributed by atoms with Crippen LogP contribution in [0.2, 0.25) is 0 Å². The summed E-state index contributed by atoms with van der Waals surface area (Å²) in [6, 6.07) is 21.2. The molecule has 2 aromatic rings. The van der Waals surface area contributed by atoms with Crippen LogP contribution in [-0.4, -0.2) is 99.7 Å². The Hall–Kier alpha value is 3.53. The van der Waals surface area contributed by atoms with Gasteiger partial charge in [0.2, 0.25) is 0 Å². The Balaban J connectivity index is 0.000000150. The van der Waals surface area contributed by atoms with Crippen molar-refractivity contribution in [2.24, 2.45) is 0 Å². The Morgan fingerprint density at radius 1 is 0.640 bits per heavy atom. The zero-order chi connectivity index (χ0) is 17.2. The molecule has 2 heterocycles. The molecule has 0 aromatic heterocycles. The normalized spacial score (nSPS) is 20.3. The van der Waals surface area contributed by atoms with Gasteiger partial charge in [-0.1, -0.05) is 60.7 Å². The molecule has 0 nitrogen and oxygen atoms in total. The smallest absolute Gasteiger partial charge is 0.0238 e. The first-order valence-corrected chi connectivity index (χ1v) is 46.6. The summed E-state index contributed by atoms with van der Waals surface area (Å²) in [7, 11) is 0. The van der Waals surface area contributed by atoms with E-state index in [1.54, 1.807) is 0 Å². The maximum atomic E-state index is 2.42. The standard InChI is InChI=1S/C14H14.2CHAs4.Zr/c1-3-7-13(8-4-1)11-12-14-9-5-2-6-10-14;2*1-2-4-5-3-1;/h1-10H,11-12H2;2*2H;. The first-order chi connectivity index (χ1) is 12.4. The molecule has 0 amide bonds. The summed E-state index contributed by atoms with van der Waals surface area (Å²) >= 11 is 8.06. The molecule has 2 unspecified atom stereocenters. The molecular formula is C16H16As8Zr. The predicted molar refractivity (Wildman–Crippen MR) is 119 cm³/mol. The van der Waals surface area contributed by atoms with Crippen LogP contribution in [0.1, 0.15) is 11.1 Å². The summed E-state index contributed by atoms with van der Waals surface area (Å²) < 4.78 is 4.84. The summed E-state index contributed by atoms with van der Waals surface area (Å²) in [5.41, 5.74) is 2.83. The zero-order valence-corrected chi connectivity index (χ0v) is 31.3. The van der Waals surface area contributed by atoms with E-state index in [2.05, 4.69) is 62.3 Å². The minimum Gasteiger partial charge on any atom is -0.0622 e. The van der Waals surface area contributed by atoms with Crippen LogP contribution < -0.4 is 0 Å². The topological polar surface area (TPSA) is 0 Å². The van der Waals surface area contributed by atoms with E-state index in [1.165, 1.54) is 11.1 Å². The summed E-state index contributed by atoms with van der Waals surface area (Å²) in [5.74, 6) is 0. The van der Waals surface area contributed by atoms with E-state index in [1.807, 2.05) is 0 Å². The van der Waals surface area contributed by atoms with Crippen molar-refractivity contribution in [3.05, 3.63) is 71.8 Å². The largest absolute Gasteiger partial charge is 0.0622 e. The Labute approximate surface area is 203 Å². The van der Waals surface area contributed by atoms with Gasteiger partial charge in [0, 0.05) is 0 Å². The third kappa shape index (κ3) is 9.92. The zero-order valence-electron chi connectivity index (χ0n) is 13.4. The van der Waals surface area contributed by atoms with Gasteiger partial charge in [0.1, 0.15) is 0 Å². The molecule has 0 saturated carbocycles. The average Bonchev–Trinajstić information content (AvgIpc) is 3.37. The Bertz CT molecular complexity index is 719. The van der Waals surface area contributed by atoms with Crippen LogP contribution in [0, 0.1) is 0 Å². The van der Waals surface area contributed by atoms with Crippen molar-refractivity contribution in [1.82, 2.24) is 0 Å². The quantitative estimate of drug-likeness (QED) is 0.350. The van der Waals surface area contributed by atoms with Gasteiger partial charge in [0.25, 0.3) is 0 Å². The van der Waals surface area contributed by atoms with Crippen LogP contribution >= 0.6 is 0 Å². The maximum Gasteiger partial charge on any atom is -0.0238 e. The van der Waals surface area contributed by atoms with Crippen molar-refractivity contribution in [2.45, 2.75) is 12.8 Å². The van der Waals surface area contributed by atoms with Crippen molar-refractivity contribution >= 4 is 99.7 Å². The molecule has 0 radical (unpaired) electrons. The third-order valence-corrected chi connectivity index (χ3v) is 163. The minimum atomic E-state index is 0.213. The predicted octanol–water partition coefficient (Wildman–Crippen LogP) is -0.669. The molecule has 9 heteroatoms. The van der Waals surface area contributed by atoms with Crippen molar-refractivity contribution in [1.29, 1.82) is 0 Å². The SMILES string of the molecule is [As]1=[As][AsH][C]([Zr][C]2=[As][As]=[As][AsH]2)=[As]1.c1ccc(CCc2ccccc2)cc1. The summed E-state index contributed by atoms with van der Waals surface area (Å²) in [4.78, 5) is 0. The van der Waals surface area contributed by atoms with Crippen LogP contribution in [0.3, 0.4) is 0 Å². The molecule has 0 fully saturated rings. The van der Waals surface area contributed by atoms with Gasteiger partial charge in [-0.05, 0) is 24.0 Å². The number of rotatable bonds is 5. The van der Waals surface area contributed by atoms with Gasteiger partial charge in [-0.2, -0.15) is 0 Å². The maximum absolute atomic E-state index is 2.42. The van der Waals surface area contributed by atoms with Gasteiger partial charge in [-0.3, -0.25) is 0 Å². The average molecular weight is 899 g/mol. The second-order valence-electron chi connectivity index (χ2n) is 5.10. The third-order valence-electron chi connectivity index (χ3n) is 3.32. The molecule has 4 rings (SSSR count). The molecule has 2 aliphatic rings. The molecule has 2 aromatic carbocycles. The summed E-state index contributed by atoms with van der Waals surface area (Å²) in [6.07, 6.45) is 2.26. The van der Waals surface area contributed by atoms with Gasteiger partial charge in [-0.15, -0.1) is 0 Å². The molecular weight excluding hydrogens is 883 g/mol. The van der Waals surface area contributed by atoms with Crippen molar-refractivity contribution < 1.29 is 23.2 Å². The van der Waals surface area contributed by atoms with Crippen LogP contribution in [0.5, 0.6) is 0 Å². The van der Waals surface area contributed by atoms with Gasteiger partial charge >= 0.3 is 123 Å². The van der Waals surface area contributed by atoms with E-state index in [-0.39, 0.29) is 23.2 Å². The van der Waals surface area contributed by atoms with E-state index in [4.69, 9.17) is 0 Å². The van der Waals surface area contributed by atoms with Gasteiger partial charge in [-0.25, -0.2) is 0 Å². The van der Waals surface area contributed by atoms with E-state index >= 15 is 0 Å². The molecule has 0 spiro atoms. The Morgan fingerprint density at radius 2 is 1.08 bits per heavy atom. The number of hydrogen-bond acceptors (Lipinski definition) is 0. The number of benzene rings is 2. The molecule has 0 aliphatic carbocycles.